The van der Waals surface area contributed by atoms with Crippen LogP contribution in [0.5, 0.6) is 5.88 Å². The van der Waals surface area contributed by atoms with Gasteiger partial charge in [-0.15, -0.1) is 5.10 Å². The summed E-state index contributed by atoms with van der Waals surface area (Å²) in [5.41, 5.74) is 0. The Hall–Kier alpha value is -1.21. The van der Waals surface area contributed by atoms with Gasteiger partial charge in [-0.05, 0) is 25.3 Å². The number of rotatable bonds is 5. The molecule has 6 nitrogen and oxygen atoms in total. The normalized spacial score (nSPS) is 21.2. The molecule has 0 aliphatic carbocycles. The van der Waals surface area contributed by atoms with E-state index >= 15 is 0 Å². The Morgan fingerprint density at radius 3 is 3.05 bits per heavy atom. The molecule has 1 fully saturated rings. The second-order valence-corrected chi connectivity index (χ2v) is 6.71. The van der Waals surface area contributed by atoms with Crippen LogP contribution >= 0.6 is 0 Å². The topological polar surface area (TPSA) is 72.4 Å². The third-order valence-corrected chi connectivity index (χ3v) is 5.07. The summed E-state index contributed by atoms with van der Waals surface area (Å²) in [5, 5.41) is 7.60. The quantitative estimate of drug-likeness (QED) is 0.809. The van der Waals surface area contributed by atoms with E-state index in [1.165, 1.54) is 4.31 Å². The molecule has 1 aliphatic rings. The van der Waals surface area contributed by atoms with Crippen molar-refractivity contribution in [1.29, 1.82) is 0 Å². The van der Waals surface area contributed by atoms with Crippen LogP contribution in [0, 0.1) is 0 Å². The number of sulfonamides is 1. The summed E-state index contributed by atoms with van der Waals surface area (Å²) in [6.07, 6.45) is 3.72. The van der Waals surface area contributed by atoms with Crippen molar-refractivity contribution in [2.75, 3.05) is 18.8 Å². The summed E-state index contributed by atoms with van der Waals surface area (Å²) in [6, 6.07) is 3.48. The Morgan fingerprint density at radius 1 is 1.53 bits per heavy atom. The summed E-state index contributed by atoms with van der Waals surface area (Å²) in [4.78, 5) is 0. The maximum atomic E-state index is 12.0. The highest BCUT2D eigenvalue weighted by molar-refractivity contribution is 7.89. The Bertz CT molecular complexity index is 492. The molecule has 1 atom stereocenters. The summed E-state index contributed by atoms with van der Waals surface area (Å²) in [7, 11) is -3.14. The van der Waals surface area contributed by atoms with Crippen LogP contribution in [0.2, 0.25) is 0 Å². The van der Waals surface area contributed by atoms with Crippen LogP contribution in [0.4, 0.5) is 0 Å². The van der Waals surface area contributed by atoms with Crippen LogP contribution in [0.15, 0.2) is 18.3 Å². The molecule has 0 N–H and O–H groups in total. The van der Waals surface area contributed by atoms with Gasteiger partial charge in [-0.25, -0.2) is 8.42 Å². The molecule has 0 radical (unpaired) electrons. The second-order valence-electron chi connectivity index (χ2n) is 4.62. The van der Waals surface area contributed by atoms with E-state index in [4.69, 9.17) is 4.74 Å². The van der Waals surface area contributed by atoms with E-state index in [-0.39, 0.29) is 11.9 Å². The van der Waals surface area contributed by atoms with Crippen molar-refractivity contribution >= 4 is 10.0 Å². The van der Waals surface area contributed by atoms with Crippen molar-refractivity contribution in [3.63, 3.8) is 0 Å². The van der Waals surface area contributed by atoms with Crippen LogP contribution in [-0.4, -0.2) is 47.9 Å². The largest absolute Gasteiger partial charge is 0.472 e. The Kier molecular flexibility index (Phi) is 4.71. The molecule has 0 saturated carbocycles. The van der Waals surface area contributed by atoms with Crippen molar-refractivity contribution in [3.8, 4) is 5.88 Å². The lowest BCUT2D eigenvalue weighted by atomic mass is 10.1. The smallest absolute Gasteiger partial charge is 0.233 e. The monoisotopic (exact) mass is 285 g/mol. The molecule has 2 rings (SSSR count). The lowest BCUT2D eigenvalue weighted by Crippen LogP contribution is -2.45. The summed E-state index contributed by atoms with van der Waals surface area (Å²) >= 11 is 0. The van der Waals surface area contributed by atoms with E-state index in [0.29, 0.717) is 25.4 Å². The molecule has 0 aromatic carbocycles. The van der Waals surface area contributed by atoms with Gasteiger partial charge >= 0.3 is 0 Å². The van der Waals surface area contributed by atoms with E-state index in [9.17, 15) is 8.42 Å². The highest BCUT2D eigenvalue weighted by Gasteiger charge is 2.29. The number of ether oxygens (including phenoxy) is 1. The van der Waals surface area contributed by atoms with Crippen LogP contribution in [0.3, 0.4) is 0 Å². The molecule has 1 aromatic heterocycles. The summed E-state index contributed by atoms with van der Waals surface area (Å²) in [6.45, 7) is 2.86. The first-order valence-corrected chi connectivity index (χ1v) is 8.15. The zero-order chi connectivity index (χ0) is 13.7. The van der Waals surface area contributed by atoms with Crippen molar-refractivity contribution in [2.45, 2.75) is 32.3 Å². The first-order chi connectivity index (χ1) is 9.12. The van der Waals surface area contributed by atoms with E-state index in [0.717, 1.165) is 12.8 Å². The second kappa shape index (κ2) is 6.29. The standard InChI is InChI=1S/C12H19N3O3S/c1-2-9-19(16,17)15-8-4-5-11(10-15)18-12-6-3-7-13-14-12/h3,6-7,11H,2,4-5,8-10H2,1H3. The Labute approximate surface area is 113 Å². The van der Waals surface area contributed by atoms with E-state index in [2.05, 4.69) is 10.2 Å². The molecule has 2 heterocycles. The van der Waals surface area contributed by atoms with E-state index < -0.39 is 10.0 Å². The fourth-order valence-corrected chi connectivity index (χ4v) is 3.74. The number of hydrogen-bond acceptors (Lipinski definition) is 5. The van der Waals surface area contributed by atoms with Gasteiger partial charge in [-0.1, -0.05) is 6.92 Å². The van der Waals surface area contributed by atoms with Gasteiger partial charge in [0, 0.05) is 18.8 Å². The van der Waals surface area contributed by atoms with Crippen LogP contribution in [0.25, 0.3) is 0 Å². The fourth-order valence-electron chi connectivity index (χ4n) is 2.16. The molecule has 1 aromatic rings. The zero-order valence-corrected chi connectivity index (χ0v) is 11.8. The molecule has 106 valence electrons. The van der Waals surface area contributed by atoms with Crippen molar-refractivity contribution in [1.82, 2.24) is 14.5 Å². The highest BCUT2D eigenvalue weighted by atomic mass is 32.2. The zero-order valence-electron chi connectivity index (χ0n) is 11.0. The van der Waals surface area contributed by atoms with Gasteiger partial charge in [-0.3, -0.25) is 0 Å². The number of hydrogen-bond donors (Lipinski definition) is 0. The van der Waals surface area contributed by atoms with E-state index in [1.807, 2.05) is 6.92 Å². The van der Waals surface area contributed by atoms with Gasteiger partial charge < -0.3 is 4.74 Å². The molecule has 7 heteroatoms. The minimum absolute atomic E-state index is 0.142. The van der Waals surface area contributed by atoms with Gasteiger partial charge in [0.05, 0.1) is 12.3 Å². The molecular weight excluding hydrogens is 266 g/mol. The van der Waals surface area contributed by atoms with Crippen molar-refractivity contribution in [3.05, 3.63) is 18.3 Å². The predicted molar refractivity (Wildman–Crippen MR) is 71.3 cm³/mol. The van der Waals surface area contributed by atoms with Gasteiger partial charge in [-0.2, -0.15) is 9.40 Å². The highest BCUT2D eigenvalue weighted by Crippen LogP contribution is 2.18. The van der Waals surface area contributed by atoms with Gasteiger partial charge in [0.2, 0.25) is 15.9 Å². The average molecular weight is 285 g/mol. The lowest BCUT2D eigenvalue weighted by Gasteiger charge is -2.31. The molecule has 1 aliphatic heterocycles. The predicted octanol–water partition coefficient (Wildman–Crippen LogP) is 1.06. The first kappa shape index (κ1) is 14.2. The maximum absolute atomic E-state index is 12.0. The van der Waals surface area contributed by atoms with Gasteiger partial charge in [0.15, 0.2) is 0 Å². The minimum Gasteiger partial charge on any atom is -0.472 e. The number of piperidine rings is 1. The molecular formula is C12H19N3O3S. The Balaban J connectivity index is 1.98. The van der Waals surface area contributed by atoms with Crippen LogP contribution in [0.1, 0.15) is 26.2 Å². The minimum atomic E-state index is -3.14. The van der Waals surface area contributed by atoms with Crippen LogP contribution < -0.4 is 4.74 Å². The molecule has 19 heavy (non-hydrogen) atoms. The average Bonchev–Trinajstić information content (AvgIpc) is 2.40. The molecule has 1 unspecified atom stereocenters. The number of nitrogens with zero attached hydrogens (tertiary/aromatic N) is 3. The molecule has 1 saturated heterocycles. The van der Waals surface area contributed by atoms with E-state index in [1.54, 1.807) is 18.3 Å². The number of aromatic nitrogens is 2. The third-order valence-electron chi connectivity index (χ3n) is 3.03. The third kappa shape index (κ3) is 3.87. The van der Waals surface area contributed by atoms with Crippen molar-refractivity contribution in [2.24, 2.45) is 0 Å². The van der Waals surface area contributed by atoms with Gasteiger partial charge in [0.25, 0.3) is 0 Å². The van der Waals surface area contributed by atoms with Gasteiger partial charge in [0.1, 0.15) is 6.10 Å². The fraction of sp³-hybridized carbons (Fsp3) is 0.667. The first-order valence-electron chi connectivity index (χ1n) is 6.54. The van der Waals surface area contributed by atoms with Crippen molar-refractivity contribution < 1.29 is 13.2 Å². The van der Waals surface area contributed by atoms with Crippen LogP contribution in [-0.2, 0) is 10.0 Å². The maximum Gasteiger partial charge on any atom is 0.233 e. The molecule has 0 bridgehead atoms. The summed E-state index contributed by atoms with van der Waals surface area (Å²) < 4.78 is 31.3. The molecule has 0 amide bonds. The summed E-state index contributed by atoms with van der Waals surface area (Å²) in [5.74, 6) is 0.646. The molecule has 0 spiro atoms. The lowest BCUT2D eigenvalue weighted by molar-refractivity contribution is 0.123. The Morgan fingerprint density at radius 2 is 2.37 bits per heavy atom. The SMILES string of the molecule is CCCS(=O)(=O)N1CCCC(Oc2cccnn2)C1.